The number of para-hydroxylation sites is 1. The van der Waals surface area contributed by atoms with Gasteiger partial charge in [0.05, 0.1) is 12.3 Å². The lowest BCUT2D eigenvalue weighted by Crippen LogP contribution is -2.41. The molecule has 0 saturated heterocycles. The van der Waals surface area contributed by atoms with E-state index >= 15 is 0 Å². The molecule has 1 aromatic heterocycles. The summed E-state index contributed by atoms with van der Waals surface area (Å²) in [5.74, 6) is 0.406. The molecule has 0 bridgehead atoms. The first-order valence-electron chi connectivity index (χ1n) is 9.64. The number of hydrogen-bond acceptors (Lipinski definition) is 4. The second kappa shape index (κ2) is 10.1. The second-order valence-corrected chi connectivity index (χ2v) is 6.84. The molecule has 0 radical (unpaired) electrons. The van der Waals surface area contributed by atoms with Crippen molar-refractivity contribution in [3.05, 3.63) is 95.6 Å². The fraction of sp³-hybridized carbons (Fsp3) is 0.167. The number of amides is 2. The molecule has 3 rings (SSSR count). The highest BCUT2D eigenvalue weighted by Crippen LogP contribution is 2.16. The molecule has 6 heteroatoms. The number of ether oxygens (including phenoxy) is 1. The van der Waals surface area contributed by atoms with E-state index in [0.717, 1.165) is 11.3 Å². The van der Waals surface area contributed by atoms with Gasteiger partial charge in [-0.2, -0.15) is 0 Å². The quantitative estimate of drug-likeness (QED) is 0.557. The fourth-order valence-corrected chi connectivity index (χ4v) is 2.73. The Morgan fingerprint density at radius 2 is 1.77 bits per heavy atom. The monoisotopic (exact) mass is 404 g/mol. The van der Waals surface area contributed by atoms with E-state index in [-0.39, 0.29) is 24.3 Å². The third-order valence-corrected chi connectivity index (χ3v) is 4.32. The molecule has 0 saturated carbocycles. The van der Waals surface area contributed by atoms with Gasteiger partial charge in [0, 0.05) is 11.6 Å². The van der Waals surface area contributed by atoms with Gasteiger partial charge in [0.2, 0.25) is 0 Å². The molecule has 2 aromatic carbocycles. The van der Waals surface area contributed by atoms with Crippen LogP contribution >= 0.6 is 0 Å². The van der Waals surface area contributed by atoms with E-state index in [0.29, 0.717) is 11.3 Å². The molecule has 0 aliphatic heterocycles. The smallest absolute Gasteiger partial charge is 0.268 e. The highest BCUT2D eigenvalue weighted by molar-refractivity contribution is 6.05. The van der Waals surface area contributed by atoms with E-state index < -0.39 is 5.91 Å². The highest BCUT2D eigenvalue weighted by atomic mass is 16.5. The molecule has 0 aliphatic carbocycles. The number of hydrogen-bond donors (Lipinski definition) is 2. The van der Waals surface area contributed by atoms with Crippen LogP contribution in [0.1, 0.15) is 28.6 Å². The van der Waals surface area contributed by atoms with Crippen LogP contribution in [0.2, 0.25) is 0 Å². The maximum Gasteiger partial charge on any atom is 0.268 e. The highest BCUT2D eigenvalue weighted by Gasteiger charge is 2.17. The van der Waals surface area contributed by atoms with Crippen molar-refractivity contribution in [3.8, 4) is 5.75 Å². The van der Waals surface area contributed by atoms with Crippen LogP contribution in [0, 0.1) is 6.92 Å². The van der Waals surface area contributed by atoms with Gasteiger partial charge in [-0.15, -0.1) is 0 Å². The Kier molecular flexibility index (Phi) is 7.05. The topological polar surface area (TPSA) is 80.6 Å². The number of aryl methyl sites for hydroxylation is 1. The van der Waals surface area contributed by atoms with Crippen molar-refractivity contribution in [1.29, 1.82) is 0 Å². The molecule has 1 unspecified atom stereocenters. The van der Waals surface area contributed by atoms with E-state index in [1.807, 2.05) is 44.2 Å². The van der Waals surface area contributed by atoms with Gasteiger partial charge in [-0.05, 0) is 49.7 Å². The lowest BCUT2D eigenvalue weighted by atomic mass is 10.2. The zero-order valence-electron chi connectivity index (χ0n) is 16.9. The Balaban J connectivity index is 1.67. The SMILES string of the molecule is Cc1ccccc1OCC(C)NC(=O)/C(=C/c1ccco1)NC(=O)c1ccccc1. The minimum Gasteiger partial charge on any atom is -0.491 e. The molecule has 154 valence electrons. The van der Waals surface area contributed by atoms with Crippen LogP contribution < -0.4 is 15.4 Å². The Labute approximate surface area is 175 Å². The van der Waals surface area contributed by atoms with Crippen LogP contribution in [0.25, 0.3) is 6.08 Å². The third-order valence-electron chi connectivity index (χ3n) is 4.32. The summed E-state index contributed by atoms with van der Waals surface area (Å²) < 4.78 is 11.1. The van der Waals surface area contributed by atoms with Gasteiger partial charge in [-0.3, -0.25) is 9.59 Å². The van der Waals surface area contributed by atoms with Crippen LogP contribution in [0.3, 0.4) is 0 Å². The molecule has 6 nitrogen and oxygen atoms in total. The van der Waals surface area contributed by atoms with Crippen LogP contribution in [0.5, 0.6) is 5.75 Å². The van der Waals surface area contributed by atoms with E-state index in [9.17, 15) is 9.59 Å². The molecule has 2 N–H and O–H groups in total. The molecule has 0 fully saturated rings. The van der Waals surface area contributed by atoms with Gasteiger partial charge in [0.1, 0.15) is 23.8 Å². The largest absolute Gasteiger partial charge is 0.491 e. The standard InChI is InChI=1S/C24H24N2O4/c1-17-9-6-7-13-22(17)30-16-18(2)25-24(28)21(15-20-12-8-14-29-20)26-23(27)19-10-4-3-5-11-19/h3-15,18H,16H2,1-2H3,(H,25,28)(H,26,27)/b21-15-. The van der Waals surface area contributed by atoms with Crippen molar-refractivity contribution < 1.29 is 18.7 Å². The van der Waals surface area contributed by atoms with E-state index in [4.69, 9.17) is 9.15 Å². The zero-order chi connectivity index (χ0) is 21.3. The summed E-state index contributed by atoms with van der Waals surface area (Å²) in [4.78, 5) is 25.4. The third kappa shape index (κ3) is 5.85. The molecule has 0 aliphatic rings. The Morgan fingerprint density at radius 1 is 1.03 bits per heavy atom. The van der Waals surface area contributed by atoms with Gasteiger partial charge < -0.3 is 19.8 Å². The number of furan rings is 1. The molecule has 1 heterocycles. The summed E-state index contributed by atoms with van der Waals surface area (Å²) in [7, 11) is 0. The Morgan fingerprint density at radius 3 is 2.47 bits per heavy atom. The van der Waals surface area contributed by atoms with Crippen LogP contribution in [-0.4, -0.2) is 24.5 Å². The minimum atomic E-state index is -0.434. The summed E-state index contributed by atoms with van der Waals surface area (Å²) in [6.45, 7) is 4.08. The van der Waals surface area contributed by atoms with Crippen LogP contribution in [-0.2, 0) is 4.79 Å². The molecular formula is C24H24N2O4. The van der Waals surface area contributed by atoms with Gasteiger partial charge in [-0.25, -0.2) is 0 Å². The number of carbonyl (C=O) groups is 2. The van der Waals surface area contributed by atoms with Crippen molar-refractivity contribution in [2.45, 2.75) is 19.9 Å². The average Bonchev–Trinajstić information content (AvgIpc) is 3.26. The van der Waals surface area contributed by atoms with Crippen molar-refractivity contribution in [3.63, 3.8) is 0 Å². The van der Waals surface area contributed by atoms with Gasteiger partial charge in [0.15, 0.2) is 0 Å². The summed E-state index contributed by atoms with van der Waals surface area (Å²) >= 11 is 0. The molecule has 30 heavy (non-hydrogen) atoms. The normalized spacial score (nSPS) is 12.1. The molecular weight excluding hydrogens is 380 g/mol. The average molecular weight is 404 g/mol. The molecule has 2 amide bonds. The van der Waals surface area contributed by atoms with E-state index in [1.165, 1.54) is 12.3 Å². The second-order valence-electron chi connectivity index (χ2n) is 6.84. The van der Waals surface area contributed by atoms with Gasteiger partial charge in [0.25, 0.3) is 11.8 Å². The van der Waals surface area contributed by atoms with E-state index in [1.54, 1.807) is 36.4 Å². The number of rotatable bonds is 8. The molecule has 0 spiro atoms. The lowest BCUT2D eigenvalue weighted by Gasteiger charge is -2.17. The number of nitrogens with one attached hydrogen (secondary N) is 2. The van der Waals surface area contributed by atoms with Crippen LogP contribution in [0.15, 0.2) is 83.1 Å². The first-order valence-corrected chi connectivity index (χ1v) is 9.64. The van der Waals surface area contributed by atoms with Crippen molar-refractivity contribution in [2.75, 3.05) is 6.61 Å². The van der Waals surface area contributed by atoms with E-state index in [2.05, 4.69) is 10.6 Å². The lowest BCUT2D eigenvalue weighted by molar-refractivity contribution is -0.118. The zero-order valence-corrected chi connectivity index (χ0v) is 16.9. The number of carbonyl (C=O) groups excluding carboxylic acids is 2. The summed E-state index contributed by atoms with van der Waals surface area (Å²) in [5, 5.41) is 5.52. The van der Waals surface area contributed by atoms with Gasteiger partial charge in [-0.1, -0.05) is 36.4 Å². The maximum atomic E-state index is 12.8. The van der Waals surface area contributed by atoms with Crippen molar-refractivity contribution in [2.24, 2.45) is 0 Å². The summed E-state index contributed by atoms with van der Waals surface area (Å²) in [6.07, 6.45) is 2.99. The molecule has 3 aromatic rings. The van der Waals surface area contributed by atoms with Gasteiger partial charge >= 0.3 is 0 Å². The predicted octanol–water partition coefficient (Wildman–Crippen LogP) is 3.94. The first-order chi connectivity index (χ1) is 14.5. The molecule has 1 atom stereocenters. The van der Waals surface area contributed by atoms with Crippen LogP contribution in [0.4, 0.5) is 0 Å². The van der Waals surface area contributed by atoms with Crippen molar-refractivity contribution >= 4 is 17.9 Å². The number of benzene rings is 2. The Hall–Kier alpha value is -3.80. The maximum absolute atomic E-state index is 12.8. The fourth-order valence-electron chi connectivity index (χ4n) is 2.73. The summed E-state index contributed by atoms with van der Waals surface area (Å²) in [6, 6.07) is 19.5. The first kappa shape index (κ1) is 20.9. The van der Waals surface area contributed by atoms with Crippen molar-refractivity contribution in [1.82, 2.24) is 10.6 Å². The Bertz CT molecular complexity index is 1010. The minimum absolute atomic E-state index is 0.0848. The predicted molar refractivity (Wildman–Crippen MR) is 115 cm³/mol. The summed E-state index contributed by atoms with van der Waals surface area (Å²) in [5.41, 5.74) is 1.55.